The monoisotopic (exact) mass is 279 g/mol. The Morgan fingerprint density at radius 2 is 1.86 bits per heavy atom. The van der Waals surface area contributed by atoms with Crippen molar-refractivity contribution in [2.24, 2.45) is 0 Å². The summed E-state index contributed by atoms with van der Waals surface area (Å²) in [6.45, 7) is 4.43. The van der Waals surface area contributed by atoms with E-state index in [9.17, 15) is 0 Å². The summed E-state index contributed by atoms with van der Waals surface area (Å²) >= 11 is 0. The van der Waals surface area contributed by atoms with Crippen LogP contribution < -0.4 is 5.32 Å². The van der Waals surface area contributed by atoms with Crippen LogP contribution in [0.5, 0.6) is 0 Å². The minimum atomic E-state index is 0.393. The topological polar surface area (TPSA) is 12.0 Å². The third-order valence-corrected chi connectivity index (χ3v) is 4.97. The van der Waals surface area contributed by atoms with Crippen molar-refractivity contribution < 1.29 is 0 Å². The van der Waals surface area contributed by atoms with E-state index in [0.717, 1.165) is 6.42 Å². The van der Waals surface area contributed by atoms with Crippen LogP contribution in [0.25, 0.3) is 0 Å². The quantitative estimate of drug-likeness (QED) is 0.880. The van der Waals surface area contributed by atoms with Crippen molar-refractivity contribution in [3.05, 3.63) is 69.8 Å². The molecule has 21 heavy (non-hydrogen) atoms. The fraction of sp³-hybridized carbons (Fsp3) is 0.400. The van der Waals surface area contributed by atoms with Crippen molar-refractivity contribution in [3.8, 4) is 0 Å². The predicted molar refractivity (Wildman–Crippen MR) is 89.9 cm³/mol. The lowest BCUT2D eigenvalue weighted by atomic mass is 9.92. The third-order valence-electron chi connectivity index (χ3n) is 4.97. The van der Waals surface area contributed by atoms with Gasteiger partial charge < -0.3 is 5.32 Å². The second-order valence-electron chi connectivity index (χ2n) is 6.29. The second-order valence-corrected chi connectivity index (χ2v) is 6.29. The zero-order chi connectivity index (χ0) is 14.8. The molecular formula is C20H25N. The number of nitrogens with one attached hydrogen (secondary N) is 1. The summed E-state index contributed by atoms with van der Waals surface area (Å²) in [7, 11) is 2.07. The highest BCUT2D eigenvalue weighted by molar-refractivity contribution is 5.39. The molecule has 3 rings (SSSR count). The van der Waals surface area contributed by atoms with Crippen LogP contribution in [0.15, 0.2) is 36.4 Å². The molecular weight excluding hydrogens is 254 g/mol. The lowest BCUT2D eigenvalue weighted by Crippen LogP contribution is -2.20. The van der Waals surface area contributed by atoms with E-state index in [1.807, 2.05) is 0 Å². The Bertz CT molecular complexity index is 642. The molecule has 0 fully saturated rings. The third kappa shape index (κ3) is 2.89. The maximum Gasteiger partial charge on any atom is 0.0361 e. The maximum absolute atomic E-state index is 3.50. The first-order valence-electron chi connectivity index (χ1n) is 8.03. The summed E-state index contributed by atoms with van der Waals surface area (Å²) in [5, 5.41) is 3.50. The first-order chi connectivity index (χ1) is 10.2. The summed E-state index contributed by atoms with van der Waals surface area (Å²) in [6.07, 6.45) is 4.91. The minimum absolute atomic E-state index is 0.393. The van der Waals surface area contributed by atoms with Gasteiger partial charge in [-0.15, -0.1) is 0 Å². The maximum atomic E-state index is 3.50. The summed E-state index contributed by atoms with van der Waals surface area (Å²) in [4.78, 5) is 0. The second kappa shape index (κ2) is 6.03. The van der Waals surface area contributed by atoms with E-state index in [1.165, 1.54) is 41.5 Å². The Morgan fingerprint density at radius 1 is 1.05 bits per heavy atom. The van der Waals surface area contributed by atoms with Gasteiger partial charge >= 0.3 is 0 Å². The molecule has 1 unspecified atom stereocenters. The molecule has 1 N–H and O–H groups in total. The zero-order valence-electron chi connectivity index (χ0n) is 13.4. The fourth-order valence-corrected chi connectivity index (χ4v) is 3.51. The van der Waals surface area contributed by atoms with Crippen LogP contribution in [0.4, 0.5) is 0 Å². The summed E-state index contributed by atoms with van der Waals surface area (Å²) < 4.78 is 0. The van der Waals surface area contributed by atoms with Crippen molar-refractivity contribution >= 4 is 0 Å². The van der Waals surface area contributed by atoms with E-state index in [1.54, 1.807) is 11.1 Å². The van der Waals surface area contributed by atoms with Gasteiger partial charge in [0.1, 0.15) is 0 Å². The van der Waals surface area contributed by atoms with Gasteiger partial charge in [0.15, 0.2) is 0 Å². The van der Waals surface area contributed by atoms with Crippen LogP contribution in [0.2, 0.25) is 0 Å². The normalized spacial score (nSPS) is 15.0. The average Bonchev–Trinajstić information content (AvgIpc) is 2.95. The number of likely N-dealkylation sites (N-methyl/N-ethyl adjacent to an activating group) is 1. The Hall–Kier alpha value is -1.60. The Balaban J connectivity index is 1.86. The van der Waals surface area contributed by atoms with Crippen LogP contribution in [-0.2, 0) is 19.3 Å². The number of benzene rings is 2. The number of aryl methyl sites for hydroxylation is 3. The van der Waals surface area contributed by atoms with E-state index < -0.39 is 0 Å². The van der Waals surface area contributed by atoms with Gasteiger partial charge in [-0.3, -0.25) is 0 Å². The molecule has 0 radical (unpaired) electrons. The molecule has 1 nitrogen and oxygen atoms in total. The van der Waals surface area contributed by atoms with Gasteiger partial charge in [-0.25, -0.2) is 0 Å². The molecule has 0 spiro atoms. The highest BCUT2D eigenvalue weighted by Gasteiger charge is 2.16. The van der Waals surface area contributed by atoms with E-state index in [2.05, 4.69) is 62.6 Å². The average molecular weight is 279 g/mol. The van der Waals surface area contributed by atoms with Crippen LogP contribution in [0, 0.1) is 13.8 Å². The Kier molecular flexibility index (Phi) is 4.12. The van der Waals surface area contributed by atoms with Gasteiger partial charge in [0, 0.05) is 6.04 Å². The number of rotatable bonds is 4. The molecule has 0 amide bonds. The molecule has 0 heterocycles. The first kappa shape index (κ1) is 14.3. The van der Waals surface area contributed by atoms with Gasteiger partial charge in [-0.1, -0.05) is 36.4 Å². The summed E-state index contributed by atoms with van der Waals surface area (Å²) in [5.41, 5.74) is 8.81. The van der Waals surface area contributed by atoms with E-state index in [0.29, 0.717) is 6.04 Å². The zero-order valence-corrected chi connectivity index (χ0v) is 13.4. The van der Waals surface area contributed by atoms with Crippen molar-refractivity contribution in [1.82, 2.24) is 5.32 Å². The minimum Gasteiger partial charge on any atom is -0.313 e. The number of hydrogen-bond acceptors (Lipinski definition) is 1. The lowest BCUT2D eigenvalue weighted by Gasteiger charge is -2.20. The van der Waals surface area contributed by atoms with Gasteiger partial charge in [-0.05, 0) is 80.0 Å². The molecule has 0 saturated heterocycles. The van der Waals surface area contributed by atoms with Gasteiger partial charge in [0.05, 0.1) is 0 Å². The van der Waals surface area contributed by atoms with Gasteiger partial charge in [0.25, 0.3) is 0 Å². The summed E-state index contributed by atoms with van der Waals surface area (Å²) in [5.74, 6) is 0. The molecule has 1 aliphatic carbocycles. The highest BCUT2D eigenvalue weighted by Crippen LogP contribution is 2.27. The predicted octanol–water partition coefficient (Wildman–Crippen LogP) is 4.30. The molecule has 110 valence electrons. The van der Waals surface area contributed by atoms with Crippen LogP contribution >= 0.6 is 0 Å². The van der Waals surface area contributed by atoms with Crippen molar-refractivity contribution in [2.75, 3.05) is 7.05 Å². The van der Waals surface area contributed by atoms with Crippen molar-refractivity contribution in [1.29, 1.82) is 0 Å². The lowest BCUT2D eigenvalue weighted by molar-refractivity contribution is 0.588. The molecule has 0 aromatic heterocycles. The largest absolute Gasteiger partial charge is 0.313 e. The van der Waals surface area contributed by atoms with Crippen LogP contribution in [0.3, 0.4) is 0 Å². The highest BCUT2D eigenvalue weighted by atomic mass is 14.9. The van der Waals surface area contributed by atoms with E-state index in [4.69, 9.17) is 0 Å². The fourth-order valence-electron chi connectivity index (χ4n) is 3.51. The number of fused-ring (bicyclic) bond motifs is 1. The van der Waals surface area contributed by atoms with E-state index >= 15 is 0 Å². The van der Waals surface area contributed by atoms with Crippen molar-refractivity contribution in [3.63, 3.8) is 0 Å². The molecule has 1 heteroatoms. The smallest absolute Gasteiger partial charge is 0.0361 e. The van der Waals surface area contributed by atoms with E-state index in [-0.39, 0.29) is 0 Å². The molecule has 2 aromatic rings. The molecule has 0 aliphatic heterocycles. The van der Waals surface area contributed by atoms with Gasteiger partial charge in [-0.2, -0.15) is 0 Å². The molecule has 0 bridgehead atoms. The SMILES string of the molecule is CNC(Cc1ccc2c(c1)CCC2)c1cccc(C)c1C. The standard InChI is InChI=1S/C20H25N/c1-14-6-4-9-19(15(14)2)20(21-3)13-16-10-11-17-7-5-8-18(17)12-16/h4,6,9-12,20-21H,5,7-8,13H2,1-3H3. The Morgan fingerprint density at radius 3 is 2.67 bits per heavy atom. The van der Waals surface area contributed by atoms with Crippen LogP contribution in [-0.4, -0.2) is 7.05 Å². The molecule has 2 aromatic carbocycles. The Labute approximate surface area is 128 Å². The molecule has 1 atom stereocenters. The number of hydrogen-bond donors (Lipinski definition) is 1. The molecule has 1 aliphatic rings. The molecule has 0 saturated carbocycles. The van der Waals surface area contributed by atoms with Crippen LogP contribution in [0.1, 0.15) is 45.8 Å². The summed E-state index contributed by atoms with van der Waals surface area (Å²) in [6, 6.07) is 14.1. The van der Waals surface area contributed by atoms with Gasteiger partial charge in [0.2, 0.25) is 0 Å². The van der Waals surface area contributed by atoms with Crippen molar-refractivity contribution in [2.45, 2.75) is 45.6 Å². The first-order valence-corrected chi connectivity index (χ1v) is 8.03.